The fourth-order valence-corrected chi connectivity index (χ4v) is 3.14. The van der Waals surface area contributed by atoms with Crippen molar-refractivity contribution in [3.8, 4) is 5.75 Å². The minimum Gasteiger partial charge on any atom is -0.492 e. The van der Waals surface area contributed by atoms with Gasteiger partial charge in [0.2, 0.25) is 0 Å². The van der Waals surface area contributed by atoms with E-state index in [1.54, 1.807) is 23.5 Å². The molecule has 1 N–H and O–H groups in total. The summed E-state index contributed by atoms with van der Waals surface area (Å²) in [7, 11) is 1.98. The molecule has 0 unspecified atom stereocenters. The molecule has 0 saturated heterocycles. The van der Waals surface area contributed by atoms with Gasteiger partial charge in [0.25, 0.3) is 0 Å². The normalized spacial score (nSPS) is 11.0. The maximum Gasteiger partial charge on any atom is 0.193 e. The summed E-state index contributed by atoms with van der Waals surface area (Å²) < 4.78 is 18.5. The first-order valence-corrected chi connectivity index (χ1v) is 9.75. The lowest BCUT2D eigenvalue weighted by atomic mass is 10.3. The largest absolute Gasteiger partial charge is 0.492 e. The van der Waals surface area contributed by atoms with Gasteiger partial charge in [-0.05, 0) is 37.6 Å². The number of hydrogen-bond donors (Lipinski definition) is 1. The molecule has 0 bridgehead atoms. The summed E-state index contributed by atoms with van der Waals surface area (Å²) in [5.41, 5.74) is 0. The van der Waals surface area contributed by atoms with Gasteiger partial charge in [0.05, 0.1) is 11.6 Å². The van der Waals surface area contributed by atoms with E-state index in [1.165, 1.54) is 17.0 Å². The number of hydrogen-bond acceptors (Lipinski definition) is 4. The topological polar surface area (TPSA) is 49.8 Å². The number of rotatable bonds is 9. The molecule has 1 aromatic carbocycles. The Morgan fingerprint density at radius 1 is 1.30 bits per heavy atom. The van der Waals surface area contributed by atoms with Crippen molar-refractivity contribution in [1.29, 1.82) is 0 Å². The van der Waals surface area contributed by atoms with Crippen LogP contribution < -0.4 is 10.1 Å². The van der Waals surface area contributed by atoms with E-state index in [-0.39, 0.29) is 29.8 Å². The molecule has 0 aliphatic carbocycles. The molecule has 150 valence electrons. The Morgan fingerprint density at radius 3 is 2.67 bits per heavy atom. The number of guanidine groups is 1. The van der Waals surface area contributed by atoms with Crippen LogP contribution in [0.4, 0.5) is 4.39 Å². The highest BCUT2D eigenvalue weighted by molar-refractivity contribution is 14.0. The third-order valence-electron chi connectivity index (χ3n) is 3.74. The number of thiazole rings is 1. The molecule has 2 aromatic rings. The highest BCUT2D eigenvalue weighted by Gasteiger charge is 2.06. The fraction of sp³-hybridized carbons (Fsp3) is 0.474. The van der Waals surface area contributed by atoms with Crippen LogP contribution in [0.3, 0.4) is 0 Å². The standard InChI is InChI=1S/C19H27FN4OS.HI/c1-4-17-14-23-18(26-17)10-11-22-19(21-5-2)24(3)12-13-25-16-8-6-15(20)7-9-16;/h6-9,14H,4-5,10-13H2,1-3H3,(H,21,22);1H. The quantitative estimate of drug-likeness (QED) is 0.318. The molecule has 0 aliphatic rings. The Morgan fingerprint density at radius 2 is 2.04 bits per heavy atom. The molecule has 1 heterocycles. The average Bonchev–Trinajstić information content (AvgIpc) is 3.10. The van der Waals surface area contributed by atoms with Crippen molar-refractivity contribution in [3.05, 3.63) is 46.2 Å². The summed E-state index contributed by atoms with van der Waals surface area (Å²) in [5, 5.41) is 4.42. The van der Waals surface area contributed by atoms with Crippen molar-refractivity contribution >= 4 is 41.3 Å². The lowest BCUT2D eigenvalue weighted by Gasteiger charge is -2.22. The van der Waals surface area contributed by atoms with Crippen molar-refractivity contribution < 1.29 is 9.13 Å². The summed E-state index contributed by atoms with van der Waals surface area (Å²) in [6.07, 6.45) is 3.83. The molecule has 0 atom stereocenters. The van der Waals surface area contributed by atoms with Crippen LogP contribution in [0, 0.1) is 5.82 Å². The lowest BCUT2D eigenvalue weighted by molar-refractivity contribution is 0.281. The van der Waals surface area contributed by atoms with Gasteiger partial charge >= 0.3 is 0 Å². The van der Waals surface area contributed by atoms with Gasteiger partial charge in [0.15, 0.2) is 5.96 Å². The number of nitrogens with one attached hydrogen (secondary N) is 1. The third kappa shape index (κ3) is 8.42. The van der Waals surface area contributed by atoms with Crippen molar-refractivity contribution in [1.82, 2.24) is 15.2 Å². The van der Waals surface area contributed by atoms with Crippen LogP contribution >= 0.6 is 35.3 Å². The minimum atomic E-state index is -0.262. The minimum absolute atomic E-state index is 0. The number of aryl methyl sites for hydroxylation is 1. The van der Waals surface area contributed by atoms with Gasteiger partial charge in [0.1, 0.15) is 18.2 Å². The molecule has 0 amide bonds. The number of aromatic nitrogens is 1. The molecule has 0 saturated carbocycles. The number of ether oxygens (including phenoxy) is 1. The van der Waals surface area contributed by atoms with Crippen LogP contribution in [0.2, 0.25) is 0 Å². The molecule has 8 heteroatoms. The van der Waals surface area contributed by atoms with Crippen LogP contribution in [0.5, 0.6) is 5.75 Å². The average molecular weight is 506 g/mol. The summed E-state index contributed by atoms with van der Waals surface area (Å²) in [5.74, 6) is 1.25. The molecular weight excluding hydrogens is 478 g/mol. The van der Waals surface area contributed by atoms with Crippen LogP contribution in [0.1, 0.15) is 23.7 Å². The molecule has 0 radical (unpaired) electrons. The zero-order valence-electron chi connectivity index (χ0n) is 16.1. The highest BCUT2D eigenvalue weighted by Crippen LogP contribution is 2.14. The molecule has 0 fully saturated rings. The van der Waals surface area contributed by atoms with Gasteiger partial charge in [-0.1, -0.05) is 6.92 Å². The van der Waals surface area contributed by atoms with Crippen LogP contribution in [-0.2, 0) is 12.8 Å². The van der Waals surface area contributed by atoms with E-state index in [0.29, 0.717) is 25.4 Å². The third-order valence-corrected chi connectivity index (χ3v) is 4.94. The van der Waals surface area contributed by atoms with Gasteiger partial charge in [0, 0.05) is 37.6 Å². The second kappa shape index (κ2) is 12.9. The van der Waals surface area contributed by atoms with Crippen LogP contribution in [0.25, 0.3) is 0 Å². The first kappa shape index (κ1) is 23.6. The predicted octanol–water partition coefficient (Wildman–Crippen LogP) is 3.98. The second-order valence-electron chi connectivity index (χ2n) is 5.78. The molecule has 2 rings (SSSR count). The Balaban J connectivity index is 0.00000364. The Hall–Kier alpha value is -1.42. The SMILES string of the molecule is CCNC(=NCCc1ncc(CC)s1)N(C)CCOc1ccc(F)cc1.I. The Bertz CT molecular complexity index is 693. The second-order valence-corrected chi connectivity index (χ2v) is 6.98. The summed E-state index contributed by atoms with van der Waals surface area (Å²) in [4.78, 5) is 12.5. The van der Waals surface area contributed by atoms with Crippen molar-refractivity contribution in [2.24, 2.45) is 4.99 Å². The molecule has 1 aromatic heterocycles. The number of likely N-dealkylation sites (N-methyl/N-ethyl adjacent to an activating group) is 1. The van der Waals surface area contributed by atoms with E-state index in [1.807, 2.05) is 25.1 Å². The van der Waals surface area contributed by atoms with Crippen molar-refractivity contribution in [2.75, 3.05) is 33.3 Å². The lowest BCUT2D eigenvalue weighted by Crippen LogP contribution is -2.41. The molecule has 0 aliphatic heterocycles. The number of benzene rings is 1. The number of nitrogens with zero attached hydrogens (tertiary/aromatic N) is 3. The smallest absolute Gasteiger partial charge is 0.193 e. The Labute approximate surface area is 182 Å². The maximum atomic E-state index is 12.9. The van der Waals surface area contributed by atoms with Crippen LogP contribution in [0.15, 0.2) is 35.5 Å². The van der Waals surface area contributed by atoms with Gasteiger partial charge in [-0.2, -0.15) is 0 Å². The van der Waals surface area contributed by atoms with Gasteiger partial charge in [-0.15, -0.1) is 35.3 Å². The number of halogens is 2. The number of aliphatic imine (C=N–C) groups is 1. The first-order chi connectivity index (χ1) is 12.6. The summed E-state index contributed by atoms with van der Waals surface area (Å²) in [6.45, 7) is 6.87. The van der Waals surface area contributed by atoms with E-state index < -0.39 is 0 Å². The predicted molar refractivity (Wildman–Crippen MR) is 121 cm³/mol. The van der Waals surface area contributed by atoms with Crippen molar-refractivity contribution in [2.45, 2.75) is 26.7 Å². The van der Waals surface area contributed by atoms with E-state index in [4.69, 9.17) is 4.74 Å². The fourth-order valence-electron chi connectivity index (χ4n) is 2.29. The monoisotopic (exact) mass is 506 g/mol. The molecule has 5 nitrogen and oxygen atoms in total. The van der Waals surface area contributed by atoms with Gasteiger partial charge in [-0.25, -0.2) is 9.37 Å². The highest BCUT2D eigenvalue weighted by atomic mass is 127. The van der Waals surface area contributed by atoms with Crippen LogP contribution in [-0.4, -0.2) is 49.1 Å². The Kier molecular flexibility index (Phi) is 11.3. The van der Waals surface area contributed by atoms with E-state index in [2.05, 4.69) is 22.2 Å². The summed E-state index contributed by atoms with van der Waals surface area (Å²) >= 11 is 1.76. The zero-order chi connectivity index (χ0) is 18.8. The molecule has 27 heavy (non-hydrogen) atoms. The van der Waals surface area contributed by atoms with Gasteiger partial charge < -0.3 is 15.0 Å². The van der Waals surface area contributed by atoms with E-state index >= 15 is 0 Å². The summed E-state index contributed by atoms with van der Waals surface area (Å²) in [6, 6.07) is 6.06. The first-order valence-electron chi connectivity index (χ1n) is 8.93. The van der Waals surface area contributed by atoms with Crippen molar-refractivity contribution in [3.63, 3.8) is 0 Å². The van der Waals surface area contributed by atoms with E-state index in [9.17, 15) is 4.39 Å². The zero-order valence-corrected chi connectivity index (χ0v) is 19.2. The maximum absolute atomic E-state index is 12.9. The molecular formula is C19H28FIN4OS. The molecule has 0 spiro atoms. The van der Waals surface area contributed by atoms with Gasteiger partial charge in [-0.3, -0.25) is 4.99 Å². The van der Waals surface area contributed by atoms with E-state index in [0.717, 1.165) is 30.4 Å².